The molecule has 0 unspecified atom stereocenters. The highest BCUT2D eigenvalue weighted by molar-refractivity contribution is 7.91. The van der Waals surface area contributed by atoms with Crippen LogP contribution in [-0.2, 0) is 9.84 Å². The van der Waals surface area contributed by atoms with E-state index >= 15 is 0 Å². The van der Waals surface area contributed by atoms with Gasteiger partial charge in [0.1, 0.15) is 5.75 Å². The van der Waals surface area contributed by atoms with E-state index in [0.717, 1.165) is 38.8 Å². The fraction of sp³-hybridized carbons (Fsp3) is 0.381. The maximum Gasteiger partial charge on any atom is 0.266 e. The van der Waals surface area contributed by atoms with Crippen LogP contribution in [0.25, 0.3) is 11.7 Å². The summed E-state index contributed by atoms with van der Waals surface area (Å²) in [6.07, 6.45) is 5.72. The summed E-state index contributed by atoms with van der Waals surface area (Å²) >= 11 is 0. The number of rotatable bonds is 6. The van der Waals surface area contributed by atoms with Crippen LogP contribution in [0, 0.1) is 0 Å². The lowest BCUT2D eigenvalue weighted by Gasteiger charge is -2.20. The van der Waals surface area contributed by atoms with Gasteiger partial charge in [-0.1, -0.05) is 12.8 Å². The van der Waals surface area contributed by atoms with E-state index in [1.165, 1.54) is 18.4 Å². The molecule has 0 amide bonds. The molecule has 29 heavy (non-hydrogen) atoms. The van der Waals surface area contributed by atoms with Gasteiger partial charge in [-0.05, 0) is 56.2 Å². The van der Waals surface area contributed by atoms with Crippen LogP contribution in [0.2, 0.25) is 0 Å². The number of ether oxygens (including phenoxy) is 1. The van der Waals surface area contributed by atoms with Crippen molar-refractivity contribution >= 4 is 15.7 Å². The summed E-state index contributed by atoms with van der Waals surface area (Å²) in [4.78, 5) is 6.47. The zero-order valence-corrected chi connectivity index (χ0v) is 17.2. The average molecular weight is 416 g/mol. The van der Waals surface area contributed by atoms with E-state index < -0.39 is 9.84 Å². The molecule has 2 aromatic heterocycles. The molecule has 1 aromatic carbocycles. The van der Waals surface area contributed by atoms with Crippen LogP contribution in [-0.4, -0.2) is 33.1 Å². The summed E-state index contributed by atoms with van der Waals surface area (Å²) in [5.74, 6) is 1.47. The maximum absolute atomic E-state index is 13.4. The minimum atomic E-state index is -3.88. The van der Waals surface area contributed by atoms with Crippen LogP contribution in [0.15, 0.2) is 61.4 Å². The molecule has 1 aliphatic heterocycles. The molecule has 0 radical (unpaired) electrons. The predicted octanol–water partition coefficient (Wildman–Crippen LogP) is 4.55. The number of benzene rings is 1. The fourth-order valence-corrected chi connectivity index (χ4v) is 4.77. The van der Waals surface area contributed by atoms with E-state index in [-0.39, 0.29) is 21.7 Å². The number of oxazole rings is 1. The first-order valence-corrected chi connectivity index (χ1v) is 11.4. The van der Waals surface area contributed by atoms with E-state index in [1.54, 1.807) is 24.3 Å². The SMILES string of the molecule is CCOc1ccc(S(=O)(=O)c2nc(-c3ccco3)oc2N2CCCCCC2)cc1. The van der Waals surface area contributed by atoms with Gasteiger partial charge >= 0.3 is 0 Å². The van der Waals surface area contributed by atoms with Crippen LogP contribution in [0.5, 0.6) is 5.75 Å². The van der Waals surface area contributed by atoms with Gasteiger partial charge in [0.25, 0.3) is 5.89 Å². The Balaban J connectivity index is 1.77. The van der Waals surface area contributed by atoms with E-state index in [0.29, 0.717) is 18.1 Å². The molecule has 1 aliphatic rings. The molecule has 0 N–H and O–H groups in total. The normalized spacial score (nSPS) is 15.3. The summed E-state index contributed by atoms with van der Waals surface area (Å²) in [7, 11) is -3.88. The van der Waals surface area contributed by atoms with E-state index in [9.17, 15) is 8.42 Å². The zero-order chi connectivity index (χ0) is 20.3. The lowest BCUT2D eigenvalue weighted by atomic mass is 10.2. The minimum absolute atomic E-state index is 0.0741. The van der Waals surface area contributed by atoms with Crippen LogP contribution >= 0.6 is 0 Å². The molecule has 1 fully saturated rings. The Morgan fingerprint density at radius 1 is 1.07 bits per heavy atom. The second-order valence-corrected chi connectivity index (χ2v) is 8.78. The van der Waals surface area contributed by atoms with E-state index in [4.69, 9.17) is 13.6 Å². The van der Waals surface area contributed by atoms with Crippen LogP contribution in [0.4, 0.5) is 5.88 Å². The number of sulfone groups is 1. The number of anilines is 1. The molecule has 154 valence electrons. The zero-order valence-electron chi connectivity index (χ0n) is 16.3. The molecule has 0 saturated carbocycles. The van der Waals surface area contributed by atoms with Gasteiger partial charge in [0.05, 0.1) is 17.8 Å². The van der Waals surface area contributed by atoms with Crippen molar-refractivity contribution in [1.82, 2.24) is 4.98 Å². The van der Waals surface area contributed by atoms with E-state index in [2.05, 4.69) is 4.98 Å². The molecular weight excluding hydrogens is 392 g/mol. The van der Waals surface area contributed by atoms with Crippen molar-refractivity contribution in [3.8, 4) is 17.4 Å². The Morgan fingerprint density at radius 2 is 1.79 bits per heavy atom. The van der Waals surface area contributed by atoms with E-state index in [1.807, 2.05) is 11.8 Å². The van der Waals surface area contributed by atoms with Gasteiger partial charge in [-0.25, -0.2) is 8.42 Å². The monoisotopic (exact) mass is 416 g/mol. The molecule has 4 rings (SSSR count). The highest BCUT2D eigenvalue weighted by Crippen LogP contribution is 2.36. The number of nitrogens with zero attached hydrogens (tertiary/aromatic N) is 2. The predicted molar refractivity (Wildman–Crippen MR) is 108 cm³/mol. The molecule has 0 aliphatic carbocycles. The lowest BCUT2D eigenvalue weighted by Crippen LogP contribution is -2.25. The smallest absolute Gasteiger partial charge is 0.266 e. The number of hydrogen-bond acceptors (Lipinski definition) is 7. The largest absolute Gasteiger partial charge is 0.494 e. The van der Waals surface area contributed by atoms with Crippen molar-refractivity contribution in [1.29, 1.82) is 0 Å². The van der Waals surface area contributed by atoms with Crippen LogP contribution in [0.3, 0.4) is 0 Å². The third kappa shape index (κ3) is 4.03. The molecule has 7 nitrogen and oxygen atoms in total. The standard InChI is InChI=1S/C21H24N2O5S/c1-2-26-16-9-11-17(12-10-16)29(24,25)20-21(23-13-5-3-4-6-14-23)28-19(22-20)18-8-7-15-27-18/h7-12,15H,2-6,13-14H2,1H3. The Labute approximate surface area is 170 Å². The van der Waals surface area contributed by atoms with Crippen molar-refractivity contribution < 1.29 is 22.0 Å². The summed E-state index contributed by atoms with van der Waals surface area (Å²) in [6.45, 7) is 3.86. The Hall–Kier alpha value is -2.74. The molecule has 3 heterocycles. The van der Waals surface area contributed by atoms with Gasteiger partial charge in [0.15, 0.2) is 5.76 Å². The quantitative estimate of drug-likeness (QED) is 0.583. The molecule has 0 atom stereocenters. The van der Waals surface area contributed by atoms with Gasteiger partial charge in [-0.3, -0.25) is 0 Å². The summed E-state index contributed by atoms with van der Waals surface area (Å²) in [5.41, 5.74) is 0. The highest BCUT2D eigenvalue weighted by atomic mass is 32.2. The molecule has 0 bridgehead atoms. The second kappa shape index (κ2) is 8.32. The third-order valence-corrected chi connectivity index (χ3v) is 6.57. The first-order chi connectivity index (χ1) is 14.1. The van der Waals surface area contributed by atoms with Crippen molar-refractivity contribution in [3.05, 3.63) is 42.7 Å². The Morgan fingerprint density at radius 3 is 2.41 bits per heavy atom. The highest BCUT2D eigenvalue weighted by Gasteiger charge is 2.32. The van der Waals surface area contributed by atoms with Gasteiger partial charge in [-0.2, -0.15) is 4.98 Å². The molecule has 1 saturated heterocycles. The number of hydrogen-bond donors (Lipinski definition) is 0. The van der Waals surface area contributed by atoms with Crippen molar-refractivity contribution in [2.75, 3.05) is 24.6 Å². The first kappa shape index (κ1) is 19.6. The first-order valence-electron chi connectivity index (χ1n) is 9.87. The van der Waals surface area contributed by atoms with Gasteiger partial charge < -0.3 is 18.5 Å². The van der Waals surface area contributed by atoms with Gasteiger partial charge in [0.2, 0.25) is 20.7 Å². The Bertz CT molecular complexity index is 1030. The van der Waals surface area contributed by atoms with Gasteiger partial charge in [0, 0.05) is 13.1 Å². The minimum Gasteiger partial charge on any atom is -0.494 e. The third-order valence-electron chi connectivity index (χ3n) is 4.90. The molecular formula is C21H24N2O5S. The van der Waals surface area contributed by atoms with Crippen LogP contribution < -0.4 is 9.64 Å². The van der Waals surface area contributed by atoms with Crippen LogP contribution in [0.1, 0.15) is 32.6 Å². The fourth-order valence-electron chi connectivity index (χ4n) is 3.45. The topological polar surface area (TPSA) is 85.8 Å². The number of furan rings is 1. The summed E-state index contributed by atoms with van der Waals surface area (Å²) in [5, 5.41) is -0.0741. The Kier molecular flexibility index (Phi) is 5.62. The van der Waals surface area contributed by atoms with Gasteiger partial charge in [-0.15, -0.1) is 0 Å². The summed E-state index contributed by atoms with van der Waals surface area (Å²) in [6, 6.07) is 9.78. The second-order valence-electron chi connectivity index (χ2n) is 6.92. The average Bonchev–Trinajstić information content (AvgIpc) is 3.33. The lowest BCUT2D eigenvalue weighted by molar-refractivity contribution is 0.340. The molecule has 0 spiro atoms. The van der Waals surface area contributed by atoms with Crippen molar-refractivity contribution in [2.45, 2.75) is 42.5 Å². The number of aromatic nitrogens is 1. The molecule has 8 heteroatoms. The van der Waals surface area contributed by atoms with Crippen molar-refractivity contribution in [2.24, 2.45) is 0 Å². The molecule has 3 aromatic rings. The maximum atomic E-state index is 13.4. The summed E-state index contributed by atoms with van der Waals surface area (Å²) < 4.78 is 43.6. The van der Waals surface area contributed by atoms with Crippen molar-refractivity contribution in [3.63, 3.8) is 0 Å².